The van der Waals surface area contributed by atoms with Crippen molar-refractivity contribution in [2.75, 3.05) is 7.11 Å². The summed E-state index contributed by atoms with van der Waals surface area (Å²) in [6.07, 6.45) is 1.87. The minimum absolute atomic E-state index is 0.362. The normalized spacial score (nSPS) is 11.1. The van der Waals surface area contributed by atoms with Gasteiger partial charge in [0.15, 0.2) is 0 Å². The van der Waals surface area contributed by atoms with Crippen LogP contribution in [0.1, 0.15) is 11.3 Å². The third kappa shape index (κ3) is 4.79. The lowest BCUT2D eigenvalue weighted by Crippen LogP contribution is -1.98. The number of aromatic nitrogens is 4. The van der Waals surface area contributed by atoms with Gasteiger partial charge in [0, 0.05) is 15.4 Å². The van der Waals surface area contributed by atoms with Crippen LogP contribution in [0.5, 0.6) is 5.75 Å². The number of benzene rings is 3. The largest absolute Gasteiger partial charge is 0.497 e. The van der Waals surface area contributed by atoms with Crippen LogP contribution in [0.2, 0.25) is 0 Å². The van der Waals surface area contributed by atoms with Gasteiger partial charge in [0.1, 0.15) is 11.4 Å². The number of fused-ring (bicyclic) bond motifs is 1. The van der Waals surface area contributed by atoms with Crippen molar-refractivity contribution in [3.05, 3.63) is 101 Å². The molecule has 2 heterocycles. The average molecular weight is 501 g/mol. The van der Waals surface area contributed by atoms with Crippen molar-refractivity contribution in [3.63, 3.8) is 0 Å². The minimum atomic E-state index is 0.362. The zero-order valence-electron chi connectivity index (χ0n) is 18.0. The number of ether oxygens (including phenoxy) is 2. The Morgan fingerprint density at radius 3 is 2.48 bits per heavy atom. The van der Waals surface area contributed by atoms with Crippen LogP contribution in [-0.4, -0.2) is 27.1 Å². The van der Waals surface area contributed by atoms with Gasteiger partial charge in [-0.3, -0.25) is 0 Å². The van der Waals surface area contributed by atoms with Crippen molar-refractivity contribution in [2.45, 2.75) is 13.2 Å². The number of nitrogens with zero attached hydrogens (tertiary/aromatic N) is 4. The van der Waals surface area contributed by atoms with Gasteiger partial charge in [0.05, 0.1) is 43.4 Å². The number of halogens is 1. The van der Waals surface area contributed by atoms with Gasteiger partial charge >= 0.3 is 0 Å². The van der Waals surface area contributed by atoms with E-state index in [1.54, 1.807) is 11.8 Å². The molecule has 5 rings (SSSR count). The van der Waals surface area contributed by atoms with E-state index in [-0.39, 0.29) is 0 Å². The first-order valence-corrected chi connectivity index (χ1v) is 11.3. The summed E-state index contributed by atoms with van der Waals surface area (Å²) < 4.78 is 14.0. The van der Waals surface area contributed by atoms with Crippen molar-refractivity contribution in [1.82, 2.24) is 20.0 Å². The first-order valence-electron chi connectivity index (χ1n) is 10.5. The summed E-state index contributed by atoms with van der Waals surface area (Å²) in [6, 6.07) is 26.0. The maximum absolute atomic E-state index is 6.04. The predicted molar refractivity (Wildman–Crippen MR) is 131 cm³/mol. The van der Waals surface area contributed by atoms with E-state index in [4.69, 9.17) is 14.5 Å². The molecular formula is C26H21BrN4O2. The van der Waals surface area contributed by atoms with Crippen LogP contribution >= 0.6 is 15.9 Å². The third-order valence-electron chi connectivity index (χ3n) is 5.33. The molecule has 0 aliphatic carbocycles. The van der Waals surface area contributed by atoms with E-state index < -0.39 is 0 Å². The van der Waals surface area contributed by atoms with Gasteiger partial charge in [-0.05, 0) is 54.1 Å². The SMILES string of the molecule is COc1ccc(-n2cc(COCc3cc(-c4ccc(Br)cc4)nc4ccccc34)nn2)cc1. The molecule has 0 unspecified atom stereocenters. The predicted octanol–water partition coefficient (Wildman–Crippen LogP) is 5.97. The van der Waals surface area contributed by atoms with E-state index in [9.17, 15) is 0 Å². The minimum Gasteiger partial charge on any atom is -0.497 e. The molecule has 0 fully saturated rings. The topological polar surface area (TPSA) is 62.1 Å². The summed E-state index contributed by atoms with van der Waals surface area (Å²) in [5.41, 5.74) is 5.69. The molecule has 0 amide bonds. The molecule has 0 radical (unpaired) electrons. The summed E-state index contributed by atoms with van der Waals surface area (Å²) in [5, 5.41) is 9.54. The Morgan fingerprint density at radius 2 is 1.70 bits per heavy atom. The molecule has 0 spiro atoms. The summed E-state index contributed by atoms with van der Waals surface area (Å²) in [5.74, 6) is 0.800. The molecule has 0 aliphatic heterocycles. The maximum atomic E-state index is 6.04. The Hall–Kier alpha value is -3.55. The van der Waals surface area contributed by atoms with Crippen molar-refractivity contribution in [1.29, 1.82) is 0 Å². The van der Waals surface area contributed by atoms with Crippen molar-refractivity contribution in [2.24, 2.45) is 0 Å². The summed E-state index contributed by atoms with van der Waals surface area (Å²) in [7, 11) is 1.65. The lowest BCUT2D eigenvalue weighted by Gasteiger charge is -2.10. The van der Waals surface area contributed by atoms with Crippen LogP contribution in [0.25, 0.3) is 27.8 Å². The molecular weight excluding hydrogens is 480 g/mol. The number of pyridine rings is 1. The zero-order valence-corrected chi connectivity index (χ0v) is 19.6. The van der Waals surface area contributed by atoms with Crippen molar-refractivity contribution >= 4 is 26.8 Å². The standard InChI is InChI=1S/C26H21BrN4O2/c1-32-23-12-10-22(11-13-23)31-15-21(29-30-31)17-33-16-19-14-26(18-6-8-20(27)9-7-18)28-25-5-3-2-4-24(19)25/h2-15H,16-17H2,1H3. The summed E-state index contributed by atoms with van der Waals surface area (Å²) in [4.78, 5) is 4.85. The molecule has 0 atom stereocenters. The van der Waals surface area contributed by atoms with Gasteiger partial charge in [-0.2, -0.15) is 0 Å². The van der Waals surface area contributed by atoms with E-state index in [0.717, 1.165) is 49.3 Å². The molecule has 0 saturated heterocycles. The molecule has 33 heavy (non-hydrogen) atoms. The molecule has 2 aromatic heterocycles. The van der Waals surface area contributed by atoms with Crippen LogP contribution in [0.3, 0.4) is 0 Å². The Bertz CT molecular complexity index is 1380. The first-order chi connectivity index (χ1) is 16.2. The second kappa shape index (κ2) is 9.52. The molecule has 6 nitrogen and oxygen atoms in total. The van der Waals surface area contributed by atoms with Crippen molar-refractivity contribution in [3.8, 4) is 22.7 Å². The third-order valence-corrected chi connectivity index (χ3v) is 5.86. The lowest BCUT2D eigenvalue weighted by molar-refractivity contribution is 0.105. The number of hydrogen-bond donors (Lipinski definition) is 0. The maximum Gasteiger partial charge on any atom is 0.119 e. The molecule has 7 heteroatoms. The number of para-hydroxylation sites is 1. The number of hydrogen-bond acceptors (Lipinski definition) is 5. The van der Waals surface area contributed by atoms with Gasteiger partial charge in [-0.15, -0.1) is 5.10 Å². The molecule has 5 aromatic rings. The fraction of sp³-hybridized carbons (Fsp3) is 0.115. The first kappa shape index (κ1) is 21.3. The Labute approximate surface area is 199 Å². The monoisotopic (exact) mass is 500 g/mol. The van der Waals surface area contributed by atoms with Gasteiger partial charge in [-0.1, -0.05) is 51.5 Å². The smallest absolute Gasteiger partial charge is 0.119 e. The fourth-order valence-corrected chi connectivity index (χ4v) is 3.89. The van der Waals surface area contributed by atoms with Gasteiger partial charge in [-0.25, -0.2) is 9.67 Å². The van der Waals surface area contributed by atoms with Gasteiger partial charge in [0.25, 0.3) is 0 Å². The fourth-order valence-electron chi connectivity index (χ4n) is 3.63. The average Bonchev–Trinajstić information content (AvgIpc) is 3.33. The van der Waals surface area contributed by atoms with Crippen LogP contribution in [0.15, 0.2) is 89.5 Å². The highest BCUT2D eigenvalue weighted by molar-refractivity contribution is 9.10. The van der Waals surface area contributed by atoms with Gasteiger partial charge < -0.3 is 9.47 Å². The summed E-state index contributed by atoms with van der Waals surface area (Å²) in [6.45, 7) is 0.808. The second-order valence-electron chi connectivity index (χ2n) is 7.54. The molecule has 0 aliphatic rings. The molecule has 0 N–H and O–H groups in total. The van der Waals surface area contributed by atoms with E-state index in [1.165, 1.54) is 0 Å². The summed E-state index contributed by atoms with van der Waals surface area (Å²) >= 11 is 3.49. The van der Waals surface area contributed by atoms with Crippen molar-refractivity contribution < 1.29 is 9.47 Å². The van der Waals surface area contributed by atoms with Crippen LogP contribution in [0.4, 0.5) is 0 Å². The van der Waals surface area contributed by atoms with E-state index in [0.29, 0.717) is 13.2 Å². The second-order valence-corrected chi connectivity index (χ2v) is 8.45. The Balaban J connectivity index is 1.33. The highest BCUT2D eigenvalue weighted by atomic mass is 79.9. The van der Waals surface area contributed by atoms with E-state index >= 15 is 0 Å². The van der Waals surface area contributed by atoms with Crippen LogP contribution in [-0.2, 0) is 18.0 Å². The quantitative estimate of drug-likeness (QED) is 0.275. The van der Waals surface area contributed by atoms with E-state index in [1.807, 2.05) is 60.8 Å². The van der Waals surface area contributed by atoms with Crippen LogP contribution < -0.4 is 4.74 Å². The van der Waals surface area contributed by atoms with E-state index in [2.05, 4.69) is 50.5 Å². The zero-order chi connectivity index (χ0) is 22.6. The lowest BCUT2D eigenvalue weighted by atomic mass is 10.0. The molecule has 3 aromatic carbocycles. The van der Waals surface area contributed by atoms with Crippen LogP contribution in [0, 0.1) is 0 Å². The molecule has 0 bridgehead atoms. The Morgan fingerprint density at radius 1 is 0.909 bits per heavy atom. The Kier molecular flexibility index (Phi) is 6.15. The van der Waals surface area contributed by atoms with Gasteiger partial charge in [0.2, 0.25) is 0 Å². The molecule has 0 saturated carbocycles. The number of methoxy groups -OCH3 is 1. The molecule has 164 valence electrons. The number of rotatable bonds is 7. The highest BCUT2D eigenvalue weighted by Gasteiger charge is 2.09. The highest BCUT2D eigenvalue weighted by Crippen LogP contribution is 2.26.